The van der Waals surface area contributed by atoms with Crippen molar-refractivity contribution in [3.63, 3.8) is 0 Å². The van der Waals surface area contributed by atoms with Crippen molar-refractivity contribution in [2.75, 3.05) is 0 Å². The predicted molar refractivity (Wildman–Crippen MR) is 78.3 cm³/mol. The fourth-order valence-corrected chi connectivity index (χ4v) is 3.58. The first-order valence-electron chi connectivity index (χ1n) is 6.85. The molecule has 0 radical (unpaired) electrons. The fraction of sp³-hybridized carbons (Fsp3) is 0.533. The van der Waals surface area contributed by atoms with Gasteiger partial charge in [-0.2, -0.15) is 0 Å². The van der Waals surface area contributed by atoms with Crippen LogP contribution < -0.4 is 10.6 Å². The minimum absolute atomic E-state index is 0.188. The van der Waals surface area contributed by atoms with E-state index in [1.165, 1.54) is 24.8 Å². The van der Waals surface area contributed by atoms with Crippen LogP contribution in [0.3, 0.4) is 0 Å². The molecule has 96 valence electrons. The molecule has 2 nitrogen and oxygen atoms in total. The highest BCUT2D eigenvalue weighted by Crippen LogP contribution is 2.33. The van der Waals surface area contributed by atoms with Crippen LogP contribution in [0.15, 0.2) is 30.3 Å². The van der Waals surface area contributed by atoms with Crippen LogP contribution >= 0.6 is 12.2 Å². The van der Waals surface area contributed by atoms with E-state index in [2.05, 4.69) is 47.9 Å². The van der Waals surface area contributed by atoms with Gasteiger partial charge in [0, 0.05) is 12.0 Å². The third-order valence-electron chi connectivity index (χ3n) is 4.25. The molecule has 2 aliphatic rings. The van der Waals surface area contributed by atoms with Crippen LogP contribution in [0, 0.1) is 11.8 Å². The van der Waals surface area contributed by atoms with Crippen LogP contribution in [-0.2, 0) is 0 Å². The van der Waals surface area contributed by atoms with Crippen molar-refractivity contribution in [3.8, 4) is 0 Å². The molecule has 0 spiro atoms. The first-order chi connectivity index (χ1) is 8.74. The molecule has 18 heavy (non-hydrogen) atoms. The van der Waals surface area contributed by atoms with E-state index in [4.69, 9.17) is 12.2 Å². The Hall–Kier alpha value is -0.930. The van der Waals surface area contributed by atoms with Gasteiger partial charge in [0.2, 0.25) is 0 Å². The van der Waals surface area contributed by atoms with Crippen LogP contribution in [0.5, 0.6) is 0 Å². The highest BCUT2D eigenvalue weighted by Gasteiger charge is 2.37. The summed E-state index contributed by atoms with van der Waals surface area (Å²) in [5.74, 6) is 1.34. The van der Waals surface area contributed by atoms with Gasteiger partial charge in [0.15, 0.2) is 0 Å². The molecule has 1 saturated carbocycles. The van der Waals surface area contributed by atoms with Crippen LogP contribution in [0.4, 0.5) is 0 Å². The molecule has 2 fully saturated rings. The van der Waals surface area contributed by atoms with Gasteiger partial charge in [0.25, 0.3) is 0 Å². The summed E-state index contributed by atoms with van der Waals surface area (Å²) in [6.45, 7) is 2.34. The van der Waals surface area contributed by atoms with Gasteiger partial charge in [-0.1, -0.05) is 49.5 Å². The van der Waals surface area contributed by atoms with Crippen molar-refractivity contribution < 1.29 is 0 Å². The topological polar surface area (TPSA) is 24.1 Å². The monoisotopic (exact) mass is 260 g/mol. The summed E-state index contributed by atoms with van der Waals surface area (Å²) < 4.78 is 0. The summed E-state index contributed by atoms with van der Waals surface area (Å²) in [5, 5.41) is 7.20. The molecule has 1 aliphatic heterocycles. The van der Waals surface area contributed by atoms with Gasteiger partial charge in [-0.3, -0.25) is 5.32 Å². The molecule has 4 atom stereocenters. The van der Waals surface area contributed by atoms with Gasteiger partial charge in [-0.05, 0) is 30.7 Å². The van der Waals surface area contributed by atoms with Gasteiger partial charge in [0.1, 0.15) is 6.17 Å². The zero-order valence-electron chi connectivity index (χ0n) is 10.7. The van der Waals surface area contributed by atoms with Gasteiger partial charge < -0.3 is 5.32 Å². The molecular formula is C15H20N2S. The molecule has 0 bridgehead atoms. The third-order valence-corrected chi connectivity index (χ3v) is 4.67. The van der Waals surface area contributed by atoms with Crippen LogP contribution in [0.25, 0.3) is 0 Å². The first kappa shape index (κ1) is 12.1. The summed E-state index contributed by atoms with van der Waals surface area (Å²) in [7, 11) is 0. The maximum absolute atomic E-state index is 5.58. The SMILES string of the molecule is CC1CCC2NC(c3ccccc3)NC(=S)C2C1. The average molecular weight is 260 g/mol. The first-order valence-corrected chi connectivity index (χ1v) is 7.26. The van der Waals surface area contributed by atoms with Crippen LogP contribution in [0.1, 0.15) is 37.9 Å². The summed E-state index contributed by atoms with van der Waals surface area (Å²) in [6, 6.07) is 11.1. The molecule has 1 aromatic carbocycles. The summed E-state index contributed by atoms with van der Waals surface area (Å²) >= 11 is 5.58. The molecule has 1 aromatic rings. The van der Waals surface area contributed by atoms with Crippen LogP contribution in [-0.4, -0.2) is 11.0 Å². The Morgan fingerprint density at radius 2 is 1.94 bits per heavy atom. The minimum Gasteiger partial charge on any atom is -0.360 e. The standard InChI is InChI=1S/C15H20N2S/c1-10-7-8-13-12(9-10)15(18)17-14(16-13)11-5-3-2-4-6-11/h2-6,10,12-14,16H,7-9H2,1H3,(H,17,18). The maximum Gasteiger partial charge on any atom is 0.104 e. The Bertz CT molecular complexity index is 431. The zero-order valence-corrected chi connectivity index (χ0v) is 11.5. The van der Waals surface area contributed by atoms with Crippen molar-refractivity contribution in [3.05, 3.63) is 35.9 Å². The Balaban J connectivity index is 1.77. The van der Waals surface area contributed by atoms with Crippen LogP contribution in [0.2, 0.25) is 0 Å². The smallest absolute Gasteiger partial charge is 0.104 e. The van der Waals surface area contributed by atoms with Gasteiger partial charge >= 0.3 is 0 Å². The second-order valence-electron chi connectivity index (χ2n) is 5.65. The number of rotatable bonds is 1. The summed E-state index contributed by atoms with van der Waals surface area (Å²) in [5.41, 5.74) is 1.27. The number of hydrogen-bond donors (Lipinski definition) is 2. The lowest BCUT2D eigenvalue weighted by molar-refractivity contribution is 0.218. The molecule has 1 aliphatic carbocycles. The molecule has 4 unspecified atom stereocenters. The minimum atomic E-state index is 0.188. The predicted octanol–water partition coefficient (Wildman–Crippen LogP) is 3.01. The van der Waals surface area contributed by atoms with Crippen molar-refractivity contribution in [2.45, 2.75) is 38.4 Å². The lowest BCUT2D eigenvalue weighted by Crippen LogP contribution is -2.57. The quantitative estimate of drug-likeness (QED) is 0.759. The molecule has 3 rings (SSSR count). The number of hydrogen-bond acceptors (Lipinski definition) is 2. The van der Waals surface area contributed by atoms with Crippen molar-refractivity contribution >= 4 is 17.2 Å². The van der Waals surface area contributed by atoms with E-state index in [1.54, 1.807) is 0 Å². The number of nitrogens with one attached hydrogen (secondary N) is 2. The van der Waals surface area contributed by atoms with E-state index >= 15 is 0 Å². The van der Waals surface area contributed by atoms with Crippen molar-refractivity contribution in [1.82, 2.24) is 10.6 Å². The largest absolute Gasteiger partial charge is 0.360 e. The molecule has 0 aromatic heterocycles. The molecule has 0 amide bonds. The number of thiocarbonyl (C=S) groups is 1. The van der Waals surface area contributed by atoms with E-state index in [9.17, 15) is 0 Å². The lowest BCUT2D eigenvalue weighted by atomic mass is 9.77. The lowest BCUT2D eigenvalue weighted by Gasteiger charge is -2.43. The zero-order chi connectivity index (χ0) is 12.5. The van der Waals surface area contributed by atoms with Gasteiger partial charge in [-0.25, -0.2) is 0 Å². The fourth-order valence-electron chi connectivity index (χ4n) is 3.20. The maximum atomic E-state index is 5.58. The van der Waals surface area contributed by atoms with Gasteiger partial charge in [-0.15, -0.1) is 0 Å². The molecule has 1 saturated heterocycles. The molecule has 3 heteroatoms. The average Bonchev–Trinajstić information content (AvgIpc) is 2.40. The number of benzene rings is 1. The van der Waals surface area contributed by atoms with Crippen molar-refractivity contribution in [1.29, 1.82) is 0 Å². The highest BCUT2D eigenvalue weighted by atomic mass is 32.1. The van der Waals surface area contributed by atoms with E-state index in [-0.39, 0.29) is 6.17 Å². The Labute approximate surface area is 114 Å². The Morgan fingerprint density at radius 1 is 1.17 bits per heavy atom. The summed E-state index contributed by atoms with van der Waals surface area (Å²) in [6.07, 6.45) is 3.98. The second-order valence-corrected chi connectivity index (χ2v) is 6.09. The Kier molecular flexibility index (Phi) is 3.35. The normalized spacial score (nSPS) is 35.7. The Morgan fingerprint density at radius 3 is 2.72 bits per heavy atom. The third kappa shape index (κ3) is 2.29. The molecular weight excluding hydrogens is 240 g/mol. The van der Waals surface area contributed by atoms with E-state index < -0.39 is 0 Å². The van der Waals surface area contributed by atoms with E-state index in [0.717, 1.165) is 10.9 Å². The highest BCUT2D eigenvalue weighted by molar-refractivity contribution is 7.80. The van der Waals surface area contributed by atoms with E-state index in [0.29, 0.717) is 12.0 Å². The van der Waals surface area contributed by atoms with Gasteiger partial charge in [0.05, 0.1) is 4.99 Å². The second kappa shape index (κ2) is 4.98. The van der Waals surface area contributed by atoms with E-state index in [1.807, 2.05) is 0 Å². The molecule has 2 N–H and O–H groups in total. The number of fused-ring (bicyclic) bond motifs is 1. The van der Waals surface area contributed by atoms with Crippen molar-refractivity contribution in [2.24, 2.45) is 11.8 Å². The molecule has 1 heterocycles. The summed E-state index contributed by atoms with van der Waals surface area (Å²) in [4.78, 5) is 1.05.